The molecule has 0 radical (unpaired) electrons. The fraction of sp³-hybridized carbons (Fsp3) is 0.214. The summed E-state index contributed by atoms with van der Waals surface area (Å²) >= 11 is 0. The van der Waals surface area contributed by atoms with Gasteiger partial charge in [-0.3, -0.25) is 9.59 Å². The van der Waals surface area contributed by atoms with Crippen LogP contribution in [0.4, 0.5) is 14.6 Å². The standard InChI is InChI=1S/C14H13F2N3O3/c1-8-5-12(18-22-8)17-13(20)7-19(2)14(21)10-6-9(15)3-4-11(10)16/h3-6H,7H2,1-2H3,(H,17,18,20). The molecule has 0 atom stereocenters. The molecule has 0 saturated heterocycles. The third kappa shape index (κ3) is 3.66. The Labute approximate surface area is 124 Å². The number of hydrogen-bond acceptors (Lipinski definition) is 4. The molecule has 0 spiro atoms. The Balaban J connectivity index is 2.01. The van der Waals surface area contributed by atoms with E-state index in [9.17, 15) is 18.4 Å². The lowest BCUT2D eigenvalue weighted by Gasteiger charge is -2.16. The fourth-order valence-corrected chi connectivity index (χ4v) is 1.76. The van der Waals surface area contributed by atoms with E-state index in [1.165, 1.54) is 13.1 Å². The number of carbonyl (C=O) groups excluding carboxylic acids is 2. The largest absolute Gasteiger partial charge is 0.360 e. The highest BCUT2D eigenvalue weighted by Gasteiger charge is 2.19. The van der Waals surface area contributed by atoms with Crippen molar-refractivity contribution in [2.24, 2.45) is 0 Å². The Morgan fingerprint density at radius 1 is 1.32 bits per heavy atom. The zero-order chi connectivity index (χ0) is 16.3. The number of likely N-dealkylation sites (N-methyl/N-ethyl adjacent to an activating group) is 1. The predicted octanol–water partition coefficient (Wildman–Crippen LogP) is 1.97. The van der Waals surface area contributed by atoms with Gasteiger partial charge in [-0.2, -0.15) is 0 Å². The van der Waals surface area contributed by atoms with E-state index in [-0.39, 0.29) is 12.4 Å². The summed E-state index contributed by atoms with van der Waals surface area (Å²) in [4.78, 5) is 24.8. The predicted molar refractivity (Wildman–Crippen MR) is 73.2 cm³/mol. The molecule has 0 saturated carbocycles. The van der Waals surface area contributed by atoms with Gasteiger partial charge in [-0.05, 0) is 25.1 Å². The van der Waals surface area contributed by atoms with Crippen molar-refractivity contribution in [2.45, 2.75) is 6.92 Å². The Bertz CT molecular complexity index is 715. The summed E-state index contributed by atoms with van der Waals surface area (Å²) in [6.07, 6.45) is 0. The lowest BCUT2D eigenvalue weighted by Crippen LogP contribution is -2.35. The molecule has 0 fully saturated rings. The number of rotatable bonds is 4. The molecule has 1 aromatic heterocycles. The molecule has 0 aliphatic heterocycles. The third-order valence-corrected chi connectivity index (χ3v) is 2.78. The van der Waals surface area contributed by atoms with Gasteiger partial charge in [0.15, 0.2) is 5.82 Å². The summed E-state index contributed by atoms with van der Waals surface area (Å²) < 4.78 is 31.4. The van der Waals surface area contributed by atoms with Crippen LogP contribution in [0.3, 0.4) is 0 Å². The topological polar surface area (TPSA) is 75.4 Å². The quantitative estimate of drug-likeness (QED) is 0.937. The summed E-state index contributed by atoms with van der Waals surface area (Å²) in [6.45, 7) is 1.31. The molecule has 0 bridgehead atoms. The van der Waals surface area contributed by atoms with E-state index in [4.69, 9.17) is 4.52 Å². The maximum absolute atomic E-state index is 13.5. The van der Waals surface area contributed by atoms with Gasteiger partial charge in [0.05, 0.1) is 12.1 Å². The molecule has 1 N–H and O–H groups in total. The van der Waals surface area contributed by atoms with Crippen molar-refractivity contribution in [2.75, 3.05) is 18.9 Å². The number of aryl methyl sites for hydroxylation is 1. The molecule has 2 amide bonds. The molecule has 8 heteroatoms. The lowest BCUT2D eigenvalue weighted by atomic mass is 10.2. The highest BCUT2D eigenvalue weighted by molar-refractivity contribution is 5.99. The Morgan fingerprint density at radius 2 is 2.05 bits per heavy atom. The molecular formula is C14H13F2N3O3. The molecule has 0 unspecified atom stereocenters. The third-order valence-electron chi connectivity index (χ3n) is 2.78. The first-order valence-corrected chi connectivity index (χ1v) is 6.30. The zero-order valence-corrected chi connectivity index (χ0v) is 11.9. The number of aromatic nitrogens is 1. The minimum atomic E-state index is -0.856. The van der Waals surface area contributed by atoms with Gasteiger partial charge in [-0.25, -0.2) is 8.78 Å². The molecular weight excluding hydrogens is 296 g/mol. The number of nitrogens with one attached hydrogen (secondary N) is 1. The minimum absolute atomic E-state index is 0.209. The molecule has 1 heterocycles. The number of amides is 2. The van der Waals surface area contributed by atoms with Crippen molar-refractivity contribution in [3.8, 4) is 0 Å². The van der Waals surface area contributed by atoms with Crippen LogP contribution in [-0.4, -0.2) is 35.5 Å². The number of nitrogens with zero attached hydrogens (tertiary/aromatic N) is 2. The van der Waals surface area contributed by atoms with Crippen molar-refractivity contribution >= 4 is 17.6 Å². The first-order valence-electron chi connectivity index (χ1n) is 6.30. The van der Waals surface area contributed by atoms with E-state index in [1.807, 2.05) is 0 Å². The van der Waals surface area contributed by atoms with Crippen LogP contribution in [-0.2, 0) is 4.79 Å². The molecule has 0 aliphatic rings. The average molecular weight is 309 g/mol. The van der Waals surface area contributed by atoms with Crippen molar-refractivity contribution < 1.29 is 22.9 Å². The highest BCUT2D eigenvalue weighted by Crippen LogP contribution is 2.12. The van der Waals surface area contributed by atoms with Crippen LogP contribution in [0.5, 0.6) is 0 Å². The van der Waals surface area contributed by atoms with Crippen LogP contribution < -0.4 is 5.32 Å². The van der Waals surface area contributed by atoms with Gasteiger partial charge in [-0.1, -0.05) is 5.16 Å². The van der Waals surface area contributed by atoms with Crippen LogP contribution in [0, 0.1) is 18.6 Å². The van der Waals surface area contributed by atoms with Crippen molar-refractivity contribution in [1.82, 2.24) is 10.1 Å². The van der Waals surface area contributed by atoms with Crippen LogP contribution in [0.1, 0.15) is 16.1 Å². The lowest BCUT2D eigenvalue weighted by molar-refractivity contribution is -0.116. The van der Waals surface area contributed by atoms with Gasteiger partial charge in [0.2, 0.25) is 5.91 Å². The monoisotopic (exact) mass is 309 g/mol. The number of hydrogen-bond donors (Lipinski definition) is 1. The van der Waals surface area contributed by atoms with E-state index in [1.54, 1.807) is 6.92 Å². The normalized spacial score (nSPS) is 10.4. The van der Waals surface area contributed by atoms with E-state index in [0.29, 0.717) is 5.76 Å². The summed E-state index contributed by atoms with van der Waals surface area (Å²) in [5.41, 5.74) is -0.437. The molecule has 1 aromatic carbocycles. The number of carbonyl (C=O) groups is 2. The van der Waals surface area contributed by atoms with Gasteiger partial charge in [0, 0.05) is 13.1 Å². The Hall–Kier alpha value is -2.77. The van der Waals surface area contributed by atoms with Crippen molar-refractivity contribution in [3.63, 3.8) is 0 Å². The maximum atomic E-state index is 13.5. The van der Waals surface area contributed by atoms with Gasteiger partial charge >= 0.3 is 0 Å². The molecule has 6 nitrogen and oxygen atoms in total. The number of anilines is 1. The maximum Gasteiger partial charge on any atom is 0.257 e. The first kappa shape index (κ1) is 15.6. The second-order valence-corrected chi connectivity index (χ2v) is 4.66. The summed E-state index contributed by atoms with van der Waals surface area (Å²) in [7, 11) is 1.31. The molecule has 116 valence electrons. The van der Waals surface area contributed by atoms with Crippen LogP contribution in [0.2, 0.25) is 0 Å². The van der Waals surface area contributed by atoms with Gasteiger partial charge in [0.25, 0.3) is 5.91 Å². The summed E-state index contributed by atoms with van der Waals surface area (Å²) in [5, 5.41) is 5.99. The highest BCUT2D eigenvalue weighted by atomic mass is 19.1. The summed E-state index contributed by atoms with van der Waals surface area (Å²) in [6, 6.07) is 4.05. The van der Waals surface area contributed by atoms with Gasteiger partial charge in [0.1, 0.15) is 17.4 Å². The molecule has 22 heavy (non-hydrogen) atoms. The second kappa shape index (κ2) is 6.33. The van der Waals surface area contributed by atoms with Crippen LogP contribution >= 0.6 is 0 Å². The van der Waals surface area contributed by atoms with E-state index in [0.717, 1.165) is 23.1 Å². The molecule has 2 rings (SSSR count). The SMILES string of the molecule is Cc1cc(NC(=O)CN(C)C(=O)c2cc(F)ccc2F)no1. The first-order chi connectivity index (χ1) is 10.4. The minimum Gasteiger partial charge on any atom is -0.360 e. The van der Waals surface area contributed by atoms with Crippen LogP contribution in [0.25, 0.3) is 0 Å². The van der Waals surface area contributed by atoms with E-state index in [2.05, 4.69) is 10.5 Å². The second-order valence-electron chi connectivity index (χ2n) is 4.66. The molecule has 0 aliphatic carbocycles. The van der Waals surface area contributed by atoms with Crippen molar-refractivity contribution in [3.05, 3.63) is 47.2 Å². The van der Waals surface area contributed by atoms with Gasteiger partial charge in [-0.15, -0.1) is 0 Å². The van der Waals surface area contributed by atoms with Gasteiger partial charge < -0.3 is 14.7 Å². The molecule has 2 aromatic rings. The van der Waals surface area contributed by atoms with Crippen molar-refractivity contribution in [1.29, 1.82) is 0 Å². The van der Waals surface area contributed by atoms with E-state index < -0.39 is 29.0 Å². The number of halogens is 2. The smallest absolute Gasteiger partial charge is 0.257 e. The average Bonchev–Trinajstić information content (AvgIpc) is 2.85. The summed E-state index contributed by atoms with van der Waals surface area (Å²) in [5.74, 6) is -2.21. The zero-order valence-electron chi connectivity index (χ0n) is 11.9. The Kier molecular flexibility index (Phi) is 4.50. The Morgan fingerprint density at radius 3 is 2.68 bits per heavy atom. The van der Waals surface area contributed by atoms with Crippen LogP contribution in [0.15, 0.2) is 28.8 Å². The number of benzene rings is 1. The van der Waals surface area contributed by atoms with E-state index >= 15 is 0 Å². The fourth-order valence-electron chi connectivity index (χ4n) is 1.76.